The van der Waals surface area contributed by atoms with Crippen LogP contribution in [0.3, 0.4) is 0 Å². The number of anilines is 2. The molecule has 1 saturated carbocycles. The Morgan fingerprint density at radius 2 is 1.79 bits per heavy atom. The van der Waals surface area contributed by atoms with Crippen molar-refractivity contribution >= 4 is 34.0 Å². The van der Waals surface area contributed by atoms with Crippen LogP contribution < -0.4 is 20.7 Å². The fraction of sp³-hybridized carbons (Fsp3) is 0.529. The molecule has 4 aliphatic heterocycles. The average molecular weight is 691 g/mol. The first-order valence-electron chi connectivity index (χ1n) is 16.5. The van der Waals surface area contributed by atoms with Crippen LogP contribution in [0, 0.1) is 11.2 Å². The van der Waals surface area contributed by atoms with Crippen molar-refractivity contribution in [2.45, 2.75) is 70.0 Å². The number of nitrogen functional groups attached to an aromatic ring is 1. The van der Waals surface area contributed by atoms with Crippen molar-refractivity contribution in [2.24, 2.45) is 5.41 Å². The number of aromatic nitrogens is 2. The predicted molar refractivity (Wildman–Crippen MR) is 172 cm³/mol. The van der Waals surface area contributed by atoms with Gasteiger partial charge < -0.3 is 30.3 Å². The summed E-state index contributed by atoms with van der Waals surface area (Å²) in [4.78, 5) is 13.9. The molecule has 8 nitrogen and oxygen atoms in total. The van der Waals surface area contributed by atoms with Crippen LogP contribution in [0.4, 0.5) is 33.5 Å². The molecular weight excluding hydrogens is 655 g/mol. The summed E-state index contributed by atoms with van der Waals surface area (Å²) in [6, 6.07) is 2.57. The highest BCUT2D eigenvalue weighted by atomic mass is 35.5. The van der Waals surface area contributed by atoms with E-state index in [2.05, 4.69) is 20.1 Å². The SMILES string of the molecule is Nc1cc(Cl)c(C(F)(F)F)c(-c2c3c(c4c(N5CC6CCC(C5)N6)nc(OCC5(CN6CCC(=CF)CC6)CC5)nc4c2F)COC3)c1. The standard InChI is InChI=1S/C34H36ClF5N6O2/c35-25-10-19(41)9-22(28(25)34(38,39)40)26-23-14-47-15-24(23)27-30(29(26)37)43-32(44-31(27)46-12-20-1-2-21(13-46)42-20)48-17-33(5-6-33)16-45-7-3-18(11-36)4-8-45/h9-11,20-21,42H,1-8,12-17,41H2. The van der Waals surface area contributed by atoms with Gasteiger partial charge in [0.1, 0.15) is 11.3 Å². The Morgan fingerprint density at radius 1 is 1.08 bits per heavy atom. The van der Waals surface area contributed by atoms with Crippen LogP contribution in [0.15, 0.2) is 24.0 Å². The monoisotopic (exact) mass is 690 g/mol. The molecule has 14 heteroatoms. The van der Waals surface area contributed by atoms with Crippen molar-refractivity contribution in [3.05, 3.63) is 51.6 Å². The summed E-state index contributed by atoms with van der Waals surface area (Å²) in [7, 11) is 0. The second kappa shape index (κ2) is 12.0. The zero-order valence-corrected chi connectivity index (χ0v) is 27.0. The number of ether oxygens (including phenoxy) is 2. The van der Waals surface area contributed by atoms with Crippen LogP contribution in [0.25, 0.3) is 22.0 Å². The van der Waals surface area contributed by atoms with Gasteiger partial charge in [-0.15, -0.1) is 0 Å². The van der Waals surface area contributed by atoms with Crippen LogP contribution >= 0.6 is 11.6 Å². The Hall–Kier alpha value is -3.26. The van der Waals surface area contributed by atoms with Crippen LogP contribution in [0.5, 0.6) is 6.01 Å². The van der Waals surface area contributed by atoms with Gasteiger partial charge in [0.15, 0.2) is 5.82 Å². The molecule has 1 aliphatic carbocycles. The van der Waals surface area contributed by atoms with Gasteiger partial charge in [0.25, 0.3) is 0 Å². The number of nitrogens with one attached hydrogen (secondary N) is 1. The highest BCUT2D eigenvalue weighted by molar-refractivity contribution is 6.32. The lowest BCUT2D eigenvalue weighted by atomic mass is 9.89. The van der Waals surface area contributed by atoms with E-state index in [1.54, 1.807) is 0 Å². The first-order valence-corrected chi connectivity index (χ1v) is 16.8. The zero-order chi connectivity index (χ0) is 33.4. The van der Waals surface area contributed by atoms with Gasteiger partial charge in [-0.05, 0) is 67.4 Å². The van der Waals surface area contributed by atoms with Crippen molar-refractivity contribution in [1.29, 1.82) is 0 Å². The molecule has 0 radical (unpaired) electrons. The Kier molecular flexibility index (Phi) is 7.97. The summed E-state index contributed by atoms with van der Waals surface area (Å²) in [5.74, 6) is -0.437. The molecule has 1 aromatic heterocycles. The number of fused-ring (bicyclic) bond motifs is 5. The van der Waals surface area contributed by atoms with Gasteiger partial charge in [0.2, 0.25) is 0 Å². The summed E-state index contributed by atoms with van der Waals surface area (Å²) < 4.78 is 85.4. The second-order valence-corrected chi connectivity index (χ2v) is 14.4. The van der Waals surface area contributed by atoms with E-state index in [9.17, 15) is 17.6 Å². The molecule has 5 heterocycles. The Morgan fingerprint density at radius 3 is 2.46 bits per heavy atom. The smallest absolute Gasteiger partial charge is 0.418 e. The number of nitrogens with two attached hydrogens (primary N) is 1. The highest BCUT2D eigenvalue weighted by Gasteiger charge is 2.46. The van der Waals surface area contributed by atoms with Gasteiger partial charge in [-0.2, -0.15) is 23.1 Å². The van der Waals surface area contributed by atoms with E-state index < -0.39 is 28.1 Å². The van der Waals surface area contributed by atoms with E-state index in [1.165, 1.54) is 0 Å². The first kappa shape index (κ1) is 32.0. The molecule has 3 N–H and O–H groups in total. The number of piperazine rings is 1. The van der Waals surface area contributed by atoms with Crippen molar-refractivity contribution in [1.82, 2.24) is 20.2 Å². The maximum absolute atomic E-state index is 17.1. The number of halogens is 6. The molecule has 48 heavy (non-hydrogen) atoms. The maximum atomic E-state index is 17.1. The maximum Gasteiger partial charge on any atom is 0.418 e. The third-order valence-electron chi connectivity index (χ3n) is 10.6. The summed E-state index contributed by atoms with van der Waals surface area (Å²) in [5, 5.41) is 3.41. The third kappa shape index (κ3) is 5.76. The molecule has 2 atom stereocenters. The lowest BCUT2D eigenvalue weighted by molar-refractivity contribution is -0.137. The zero-order valence-electron chi connectivity index (χ0n) is 26.2. The molecule has 256 valence electrons. The quantitative estimate of drug-likeness (QED) is 0.208. The molecule has 4 fully saturated rings. The molecule has 5 aliphatic rings. The largest absolute Gasteiger partial charge is 0.463 e. The number of hydrogen-bond donors (Lipinski definition) is 2. The van der Waals surface area contributed by atoms with Crippen LogP contribution in [0.1, 0.15) is 55.2 Å². The normalized spacial score (nSPS) is 23.5. The lowest BCUT2D eigenvalue weighted by Crippen LogP contribution is -2.51. The number of rotatable bonds is 7. The number of benzene rings is 2. The van der Waals surface area contributed by atoms with Crippen LogP contribution in [-0.2, 0) is 24.1 Å². The number of likely N-dealkylation sites (tertiary alicyclic amines) is 1. The minimum Gasteiger partial charge on any atom is -0.463 e. The number of piperidine rings is 1. The molecular formula is C34H36ClF5N6O2. The number of alkyl halides is 3. The van der Waals surface area contributed by atoms with Gasteiger partial charge in [-0.1, -0.05) is 11.6 Å². The number of hydrogen-bond acceptors (Lipinski definition) is 8. The highest BCUT2D eigenvalue weighted by Crippen LogP contribution is 2.50. The van der Waals surface area contributed by atoms with Gasteiger partial charge in [-0.25, -0.2) is 8.78 Å². The van der Waals surface area contributed by atoms with Crippen molar-refractivity contribution in [3.63, 3.8) is 0 Å². The molecule has 0 spiro atoms. The summed E-state index contributed by atoms with van der Waals surface area (Å²) in [5.41, 5.74) is 5.46. The van der Waals surface area contributed by atoms with E-state index in [1.807, 2.05) is 0 Å². The van der Waals surface area contributed by atoms with Gasteiger partial charge in [-0.3, -0.25) is 0 Å². The molecule has 0 amide bonds. The minimum absolute atomic E-state index is 0.0266. The first-order chi connectivity index (χ1) is 23.0. The summed E-state index contributed by atoms with van der Waals surface area (Å²) >= 11 is 6.12. The van der Waals surface area contributed by atoms with E-state index >= 15 is 4.39 Å². The average Bonchev–Trinajstić information content (AvgIpc) is 3.48. The minimum atomic E-state index is -4.88. The van der Waals surface area contributed by atoms with E-state index in [4.69, 9.17) is 31.8 Å². The molecule has 3 aromatic rings. The van der Waals surface area contributed by atoms with Crippen molar-refractivity contribution in [3.8, 4) is 17.1 Å². The van der Waals surface area contributed by atoms with Crippen LogP contribution in [-0.4, -0.2) is 66.3 Å². The van der Waals surface area contributed by atoms with Crippen molar-refractivity contribution in [2.75, 3.05) is 50.0 Å². The Bertz CT molecular complexity index is 1790. The predicted octanol–water partition coefficient (Wildman–Crippen LogP) is 6.77. The van der Waals surface area contributed by atoms with E-state index in [0.717, 1.165) is 63.0 Å². The van der Waals surface area contributed by atoms with Crippen molar-refractivity contribution < 1.29 is 31.4 Å². The second-order valence-electron chi connectivity index (χ2n) is 14.0. The van der Waals surface area contributed by atoms with Gasteiger partial charge >= 0.3 is 12.2 Å². The Labute approximate surface area is 279 Å². The lowest BCUT2D eigenvalue weighted by Gasteiger charge is -2.35. The van der Waals surface area contributed by atoms with E-state index in [0.29, 0.717) is 61.2 Å². The molecule has 8 rings (SSSR count). The molecule has 3 saturated heterocycles. The van der Waals surface area contributed by atoms with E-state index in [-0.39, 0.29) is 53.5 Å². The third-order valence-corrected chi connectivity index (χ3v) is 10.9. The van der Waals surface area contributed by atoms with Gasteiger partial charge in [0.05, 0.1) is 42.1 Å². The molecule has 2 unspecified atom stereocenters. The van der Waals surface area contributed by atoms with Crippen LogP contribution in [0.2, 0.25) is 5.02 Å². The number of nitrogens with zero attached hydrogens (tertiary/aromatic N) is 4. The fourth-order valence-electron chi connectivity index (χ4n) is 7.97. The topological polar surface area (TPSA) is 88.8 Å². The fourth-order valence-corrected chi connectivity index (χ4v) is 8.31. The van der Waals surface area contributed by atoms with Gasteiger partial charge in [0, 0.05) is 67.0 Å². The molecule has 2 aromatic carbocycles. The summed E-state index contributed by atoms with van der Waals surface area (Å²) in [6.07, 6.45) is 1.12. The molecule has 2 bridgehead atoms. The Balaban J connectivity index is 1.23. The summed E-state index contributed by atoms with van der Waals surface area (Å²) in [6.45, 7) is 3.88.